The normalized spacial score (nSPS) is 16.8. The van der Waals surface area contributed by atoms with E-state index in [0.29, 0.717) is 17.9 Å². The van der Waals surface area contributed by atoms with Crippen LogP contribution < -0.4 is 4.90 Å². The zero-order chi connectivity index (χ0) is 32.2. The Balaban J connectivity index is 1.04. The Morgan fingerprint density at radius 2 is 1.62 bits per heavy atom. The van der Waals surface area contributed by atoms with Crippen LogP contribution in [0.25, 0.3) is 21.8 Å². The van der Waals surface area contributed by atoms with Crippen molar-refractivity contribution in [1.82, 2.24) is 20.0 Å². The Morgan fingerprint density at radius 1 is 0.915 bits per heavy atom. The van der Waals surface area contributed by atoms with Crippen molar-refractivity contribution in [3.8, 4) is 16.9 Å². The predicted octanol–water partition coefficient (Wildman–Crippen LogP) is 6.56. The second-order valence-corrected chi connectivity index (χ2v) is 12.7. The van der Waals surface area contributed by atoms with Gasteiger partial charge in [0.2, 0.25) is 0 Å². The molecule has 12 nitrogen and oxygen atoms in total. The first kappa shape index (κ1) is 30.5. The average molecular weight is 649 g/mol. The second kappa shape index (κ2) is 13.3. The van der Waals surface area contributed by atoms with Crippen LogP contribution in [0.5, 0.6) is 0 Å². The van der Waals surface area contributed by atoms with Crippen LogP contribution in [0.2, 0.25) is 0 Å². The number of phosphoric ester groups is 1. The number of rotatable bonds is 12. The molecule has 0 aliphatic carbocycles. The maximum Gasteiger partial charge on any atom is 0.475 e. The van der Waals surface area contributed by atoms with Crippen LogP contribution in [0.15, 0.2) is 103 Å². The molecule has 0 saturated carbocycles. The number of aromatic nitrogens is 4. The lowest BCUT2D eigenvalue weighted by molar-refractivity contribution is 0.0515. The van der Waals surface area contributed by atoms with Gasteiger partial charge in [0.15, 0.2) is 11.5 Å². The summed E-state index contributed by atoms with van der Waals surface area (Å²) in [6.07, 6.45) is 2.78. The minimum atomic E-state index is -4.05. The second-order valence-electron chi connectivity index (χ2n) is 11.0. The first-order valence-corrected chi connectivity index (χ1v) is 16.4. The number of hydrogen-bond donors (Lipinski definition) is 0. The molecule has 13 heteroatoms. The molecule has 7 rings (SSSR count). The molecule has 0 N–H and O–H groups in total. The number of pyridine rings is 1. The van der Waals surface area contributed by atoms with Gasteiger partial charge < -0.3 is 9.58 Å². The average Bonchev–Trinajstić information content (AvgIpc) is 3.82. The van der Waals surface area contributed by atoms with E-state index in [1.165, 1.54) is 4.68 Å². The number of carbonyl (C=O) groups is 1. The van der Waals surface area contributed by atoms with Crippen LogP contribution in [0.4, 0.5) is 10.5 Å². The molecule has 2 aliphatic rings. The lowest BCUT2D eigenvalue weighted by atomic mass is 10.0. The highest BCUT2D eigenvalue weighted by molar-refractivity contribution is 7.48. The van der Waals surface area contributed by atoms with E-state index in [-0.39, 0.29) is 32.4 Å². The number of hydrogen-bond acceptors (Lipinski definition) is 9. The summed E-state index contributed by atoms with van der Waals surface area (Å²) in [5.41, 5.74) is 5.76. The molecule has 5 aromatic rings. The lowest BCUT2D eigenvalue weighted by Gasteiger charge is -2.21. The molecule has 4 heterocycles. The molecule has 1 fully saturated rings. The quantitative estimate of drug-likeness (QED) is 0.109. The predicted molar refractivity (Wildman–Crippen MR) is 171 cm³/mol. The third kappa shape index (κ3) is 6.70. The minimum absolute atomic E-state index is 0.0268. The molecule has 0 radical (unpaired) electrons. The van der Waals surface area contributed by atoms with E-state index >= 15 is 0 Å². The lowest BCUT2D eigenvalue weighted by Crippen LogP contribution is -2.35. The van der Waals surface area contributed by atoms with Crippen LogP contribution in [0, 0.1) is 6.57 Å². The molecule has 2 aliphatic heterocycles. The number of nitrogens with zero attached hydrogens (tertiary/aromatic N) is 6. The van der Waals surface area contributed by atoms with E-state index in [0.717, 1.165) is 33.5 Å². The third-order valence-electron chi connectivity index (χ3n) is 7.94. The van der Waals surface area contributed by atoms with E-state index in [9.17, 15) is 9.36 Å². The maximum atomic E-state index is 13.8. The van der Waals surface area contributed by atoms with Gasteiger partial charge in [-0.2, -0.15) is 0 Å². The van der Waals surface area contributed by atoms with Gasteiger partial charge in [0.1, 0.15) is 6.10 Å². The van der Waals surface area contributed by atoms with Crippen molar-refractivity contribution in [3.63, 3.8) is 0 Å². The van der Waals surface area contributed by atoms with Gasteiger partial charge >= 0.3 is 13.9 Å². The zero-order valence-corrected chi connectivity index (χ0v) is 26.0. The number of cyclic esters (lactones) is 1. The number of fused-ring (bicyclic) bond motifs is 3. The summed E-state index contributed by atoms with van der Waals surface area (Å²) in [4.78, 5) is 22.5. The van der Waals surface area contributed by atoms with Crippen molar-refractivity contribution in [2.45, 2.75) is 38.3 Å². The number of phosphoric acid groups is 1. The van der Waals surface area contributed by atoms with E-state index in [1.807, 2.05) is 91.0 Å². The fourth-order valence-electron chi connectivity index (χ4n) is 5.59. The largest absolute Gasteiger partial charge is 0.475 e. The summed E-state index contributed by atoms with van der Waals surface area (Å²) < 4.78 is 38.3. The fourth-order valence-corrected chi connectivity index (χ4v) is 6.76. The molecule has 0 bridgehead atoms. The molecule has 2 aromatic heterocycles. The monoisotopic (exact) mass is 648 g/mol. The summed E-state index contributed by atoms with van der Waals surface area (Å²) in [7, 11) is -4.05. The highest BCUT2D eigenvalue weighted by Crippen LogP contribution is 2.52. The third-order valence-corrected chi connectivity index (χ3v) is 9.29. The molecule has 1 saturated heterocycles. The molecular formula is C34H29N6O6P. The number of carbonyl (C=O) groups excluding carboxylic acids is 1. The van der Waals surface area contributed by atoms with Gasteiger partial charge in [-0.05, 0) is 52.9 Å². The molecule has 0 unspecified atom stereocenters. The molecule has 2 atom stereocenters. The van der Waals surface area contributed by atoms with Crippen molar-refractivity contribution in [1.29, 1.82) is 0 Å². The van der Waals surface area contributed by atoms with Crippen molar-refractivity contribution in [2.24, 2.45) is 0 Å². The standard InChI is InChI=1S/C34H29N6O6P/c1-35-19-29-20-39(38-37-29)33-15-13-27(18-36-33)26-12-14-30-28(16-26)17-31-32(46-34(41)40(30)31)23-45-47(42,43-21-24-8-4-2-5-9-24)44-22-25-10-6-3-7-11-25/h2-16,18,20,31-32H,17,19,21-23H2/t31-,32-/m0/s1. The van der Waals surface area contributed by atoms with Crippen molar-refractivity contribution in [3.05, 3.63) is 137 Å². The van der Waals surface area contributed by atoms with Crippen LogP contribution >= 0.6 is 7.82 Å². The van der Waals surface area contributed by atoms with Crippen LogP contribution in [0.1, 0.15) is 22.4 Å². The minimum Gasteiger partial charge on any atom is -0.441 e. The van der Waals surface area contributed by atoms with Gasteiger partial charge in [0, 0.05) is 11.8 Å². The van der Waals surface area contributed by atoms with E-state index in [2.05, 4.69) is 20.1 Å². The van der Waals surface area contributed by atoms with Crippen LogP contribution in [-0.2, 0) is 49.1 Å². The molecule has 47 heavy (non-hydrogen) atoms. The van der Waals surface area contributed by atoms with Crippen LogP contribution in [-0.4, -0.2) is 44.8 Å². The highest BCUT2D eigenvalue weighted by Gasteiger charge is 2.48. The Labute approximate surface area is 270 Å². The first-order chi connectivity index (χ1) is 23.0. The summed E-state index contributed by atoms with van der Waals surface area (Å²) in [6, 6.07) is 28.0. The van der Waals surface area contributed by atoms with Gasteiger partial charge in [-0.25, -0.2) is 25.6 Å². The molecule has 3 aromatic carbocycles. The number of benzene rings is 3. The van der Waals surface area contributed by atoms with Crippen molar-refractivity contribution >= 4 is 19.6 Å². The number of amides is 1. The first-order valence-electron chi connectivity index (χ1n) is 14.9. The summed E-state index contributed by atoms with van der Waals surface area (Å²) in [5.74, 6) is 0.586. The smallest absolute Gasteiger partial charge is 0.441 e. The van der Waals surface area contributed by atoms with Crippen molar-refractivity contribution in [2.75, 3.05) is 11.5 Å². The Morgan fingerprint density at radius 3 is 2.28 bits per heavy atom. The van der Waals surface area contributed by atoms with E-state index in [4.69, 9.17) is 24.9 Å². The highest BCUT2D eigenvalue weighted by atomic mass is 31.2. The van der Waals surface area contributed by atoms with E-state index < -0.39 is 20.0 Å². The fraction of sp³-hybridized carbons (Fsp3) is 0.206. The van der Waals surface area contributed by atoms with Gasteiger partial charge in [-0.15, -0.1) is 5.10 Å². The van der Waals surface area contributed by atoms with Gasteiger partial charge in [-0.1, -0.05) is 71.9 Å². The Hall–Kier alpha value is -5.18. The van der Waals surface area contributed by atoms with Crippen LogP contribution in [0.3, 0.4) is 0 Å². The number of anilines is 1. The van der Waals surface area contributed by atoms with E-state index in [1.54, 1.807) is 17.3 Å². The maximum absolute atomic E-state index is 13.8. The molecule has 236 valence electrons. The zero-order valence-electron chi connectivity index (χ0n) is 25.1. The SMILES string of the molecule is [C-]#[N+]Cc1cn(-c2ccc(-c3ccc4c(c3)C[C@H]3[C@H](COP(=O)(OCc5ccccc5)OCc5ccccc5)OC(=O)N43)cn2)nn1. The number of ether oxygens (including phenoxy) is 1. The molecular weight excluding hydrogens is 619 g/mol. The topological polar surface area (TPSA) is 122 Å². The summed E-state index contributed by atoms with van der Waals surface area (Å²) in [5, 5.41) is 8.04. The molecule has 1 amide bonds. The Kier molecular flexibility index (Phi) is 8.61. The molecule has 0 spiro atoms. The summed E-state index contributed by atoms with van der Waals surface area (Å²) >= 11 is 0. The summed E-state index contributed by atoms with van der Waals surface area (Å²) in [6.45, 7) is 7.05. The Bertz CT molecular complexity index is 1920. The van der Waals surface area contributed by atoms with Gasteiger partial charge in [0.25, 0.3) is 6.54 Å². The van der Waals surface area contributed by atoms with Gasteiger partial charge in [0.05, 0.1) is 37.7 Å². The van der Waals surface area contributed by atoms with Crippen molar-refractivity contribution < 1.29 is 27.7 Å². The van der Waals surface area contributed by atoms with Gasteiger partial charge in [-0.3, -0.25) is 18.5 Å².